The van der Waals surface area contributed by atoms with Gasteiger partial charge in [-0.2, -0.15) is 4.98 Å². The van der Waals surface area contributed by atoms with Gasteiger partial charge >= 0.3 is 0 Å². The highest BCUT2D eigenvalue weighted by Crippen LogP contribution is 2.44. The standard InChI is InChI=1S/C24H24N4O3/c1-14-7-4-5-8-16(14)23-26-24-25-18-9-6-10-19(29)21(18)22(28(24)27-23)17-12-11-15(30-2)13-20(17)31-3/h4-5,7-8,11-13,22H,6,9-10H2,1-3H3,(H,25,26,27). The lowest BCUT2D eigenvalue weighted by molar-refractivity contribution is -0.116. The summed E-state index contributed by atoms with van der Waals surface area (Å²) in [6, 6.07) is 13.3. The number of nitrogens with one attached hydrogen (secondary N) is 1. The first-order chi connectivity index (χ1) is 15.1. The molecular weight excluding hydrogens is 392 g/mol. The predicted octanol–water partition coefficient (Wildman–Crippen LogP) is 4.29. The third-order valence-electron chi connectivity index (χ3n) is 5.99. The fourth-order valence-electron chi connectivity index (χ4n) is 4.43. The monoisotopic (exact) mass is 416 g/mol. The number of fused-ring (bicyclic) bond motifs is 1. The smallest absolute Gasteiger partial charge is 0.226 e. The number of ketones is 1. The number of nitrogens with zero attached hydrogens (tertiary/aromatic N) is 3. The maximum atomic E-state index is 13.1. The second-order valence-corrected chi connectivity index (χ2v) is 7.82. The van der Waals surface area contributed by atoms with Gasteiger partial charge in [-0.25, -0.2) is 4.68 Å². The molecule has 0 amide bonds. The number of aromatic nitrogens is 3. The van der Waals surface area contributed by atoms with Crippen LogP contribution in [0.3, 0.4) is 0 Å². The molecule has 2 aromatic carbocycles. The maximum absolute atomic E-state index is 13.1. The molecule has 1 aliphatic carbocycles. The highest BCUT2D eigenvalue weighted by molar-refractivity contribution is 5.99. The number of carbonyl (C=O) groups excluding carboxylic acids is 1. The minimum Gasteiger partial charge on any atom is -0.497 e. The van der Waals surface area contributed by atoms with Crippen LogP contribution in [0.1, 0.15) is 36.4 Å². The number of methoxy groups -OCH3 is 2. The average molecular weight is 416 g/mol. The summed E-state index contributed by atoms with van der Waals surface area (Å²) in [6.45, 7) is 2.04. The van der Waals surface area contributed by atoms with Gasteiger partial charge in [0.1, 0.15) is 17.5 Å². The van der Waals surface area contributed by atoms with Crippen LogP contribution in [0.25, 0.3) is 11.4 Å². The minimum absolute atomic E-state index is 0.134. The Balaban J connectivity index is 1.71. The van der Waals surface area contributed by atoms with Gasteiger partial charge in [-0.15, -0.1) is 5.10 Å². The summed E-state index contributed by atoms with van der Waals surface area (Å²) >= 11 is 0. The molecule has 0 spiro atoms. The van der Waals surface area contributed by atoms with Gasteiger partial charge in [-0.3, -0.25) is 4.79 Å². The molecule has 1 N–H and O–H groups in total. The third-order valence-corrected chi connectivity index (χ3v) is 5.99. The van der Waals surface area contributed by atoms with Crippen molar-refractivity contribution < 1.29 is 14.3 Å². The topological polar surface area (TPSA) is 78.3 Å². The number of ether oxygens (including phenoxy) is 2. The van der Waals surface area contributed by atoms with Gasteiger partial charge in [0.25, 0.3) is 0 Å². The number of benzene rings is 2. The number of allylic oxidation sites excluding steroid dienone is 2. The van der Waals surface area contributed by atoms with Crippen LogP contribution in [0, 0.1) is 6.92 Å². The summed E-state index contributed by atoms with van der Waals surface area (Å²) in [5, 5.41) is 8.23. The van der Waals surface area contributed by atoms with Crippen LogP contribution in [0.15, 0.2) is 53.7 Å². The second-order valence-electron chi connectivity index (χ2n) is 7.82. The summed E-state index contributed by atoms with van der Waals surface area (Å²) in [5.74, 6) is 2.74. The molecular formula is C24H24N4O3. The van der Waals surface area contributed by atoms with Crippen molar-refractivity contribution in [1.29, 1.82) is 0 Å². The summed E-state index contributed by atoms with van der Waals surface area (Å²) < 4.78 is 12.9. The number of anilines is 1. The molecule has 7 heteroatoms. The van der Waals surface area contributed by atoms with E-state index in [1.54, 1.807) is 14.2 Å². The Labute approximate surface area is 180 Å². The van der Waals surface area contributed by atoms with Crippen LogP contribution in [-0.2, 0) is 4.79 Å². The van der Waals surface area contributed by atoms with Crippen molar-refractivity contribution in [2.24, 2.45) is 0 Å². The molecule has 5 rings (SSSR count). The molecule has 3 aromatic rings. The van der Waals surface area contributed by atoms with Crippen LogP contribution >= 0.6 is 0 Å². The van der Waals surface area contributed by atoms with E-state index in [0.717, 1.165) is 40.8 Å². The van der Waals surface area contributed by atoms with Crippen LogP contribution in [0.5, 0.6) is 11.5 Å². The number of aryl methyl sites for hydroxylation is 1. The first-order valence-corrected chi connectivity index (χ1v) is 10.4. The van der Waals surface area contributed by atoms with Gasteiger partial charge in [0.15, 0.2) is 11.6 Å². The third kappa shape index (κ3) is 3.17. The molecule has 0 saturated heterocycles. The number of Topliss-reactive ketones (excluding diaryl/α,β-unsaturated/α-hetero) is 1. The second kappa shape index (κ2) is 7.58. The summed E-state index contributed by atoms with van der Waals surface area (Å²) in [5.41, 5.74) is 4.59. The van der Waals surface area contributed by atoms with Gasteiger partial charge in [0.2, 0.25) is 5.95 Å². The normalized spacial score (nSPS) is 17.6. The molecule has 31 heavy (non-hydrogen) atoms. The van der Waals surface area contributed by atoms with Crippen LogP contribution in [-0.4, -0.2) is 34.8 Å². The van der Waals surface area contributed by atoms with Gasteiger partial charge in [0, 0.05) is 34.9 Å². The lowest BCUT2D eigenvalue weighted by atomic mass is 9.85. The quantitative estimate of drug-likeness (QED) is 0.684. The minimum atomic E-state index is -0.412. The molecule has 1 atom stereocenters. The summed E-state index contributed by atoms with van der Waals surface area (Å²) in [4.78, 5) is 17.8. The summed E-state index contributed by atoms with van der Waals surface area (Å²) in [7, 11) is 3.24. The first-order valence-electron chi connectivity index (χ1n) is 10.4. The molecule has 1 aromatic heterocycles. The van der Waals surface area contributed by atoms with Gasteiger partial charge < -0.3 is 14.8 Å². The maximum Gasteiger partial charge on any atom is 0.226 e. The van der Waals surface area contributed by atoms with Gasteiger partial charge in [-0.1, -0.05) is 24.3 Å². The van der Waals surface area contributed by atoms with E-state index in [1.165, 1.54) is 0 Å². The highest BCUT2D eigenvalue weighted by atomic mass is 16.5. The molecule has 0 radical (unpaired) electrons. The SMILES string of the molecule is COc1ccc(C2C3=C(CCCC3=O)Nc3nc(-c4ccccc4C)nn32)c(OC)c1. The Morgan fingerprint density at radius 1 is 1.10 bits per heavy atom. The van der Waals surface area contributed by atoms with E-state index in [9.17, 15) is 4.79 Å². The van der Waals surface area contributed by atoms with E-state index in [1.807, 2.05) is 54.1 Å². The fourth-order valence-corrected chi connectivity index (χ4v) is 4.43. The molecule has 2 heterocycles. The van der Waals surface area contributed by atoms with Crippen molar-refractivity contribution in [2.45, 2.75) is 32.2 Å². The van der Waals surface area contributed by atoms with E-state index in [-0.39, 0.29) is 5.78 Å². The van der Waals surface area contributed by atoms with E-state index >= 15 is 0 Å². The van der Waals surface area contributed by atoms with Crippen molar-refractivity contribution in [1.82, 2.24) is 14.8 Å². The Kier molecular flexibility index (Phi) is 4.73. The Bertz CT molecular complexity index is 1210. The molecule has 2 aliphatic rings. The molecule has 7 nitrogen and oxygen atoms in total. The van der Waals surface area contributed by atoms with E-state index in [2.05, 4.69) is 5.32 Å². The van der Waals surface area contributed by atoms with E-state index in [0.29, 0.717) is 29.7 Å². The zero-order valence-electron chi connectivity index (χ0n) is 17.8. The Morgan fingerprint density at radius 2 is 1.94 bits per heavy atom. The predicted molar refractivity (Wildman–Crippen MR) is 117 cm³/mol. The lowest BCUT2D eigenvalue weighted by Crippen LogP contribution is -2.31. The van der Waals surface area contributed by atoms with Crippen molar-refractivity contribution in [3.8, 4) is 22.9 Å². The van der Waals surface area contributed by atoms with Crippen LogP contribution in [0.4, 0.5) is 5.95 Å². The Hall–Kier alpha value is -3.61. The van der Waals surface area contributed by atoms with Crippen molar-refractivity contribution >= 4 is 11.7 Å². The average Bonchev–Trinajstić information content (AvgIpc) is 3.21. The van der Waals surface area contributed by atoms with Crippen molar-refractivity contribution in [2.75, 3.05) is 19.5 Å². The van der Waals surface area contributed by atoms with Crippen LogP contribution < -0.4 is 14.8 Å². The zero-order valence-corrected chi connectivity index (χ0v) is 17.8. The molecule has 158 valence electrons. The number of hydrogen-bond donors (Lipinski definition) is 1. The van der Waals surface area contributed by atoms with Crippen molar-refractivity contribution in [3.63, 3.8) is 0 Å². The first kappa shape index (κ1) is 19.4. The zero-order chi connectivity index (χ0) is 21.5. The molecule has 0 fully saturated rings. The highest BCUT2D eigenvalue weighted by Gasteiger charge is 2.38. The largest absolute Gasteiger partial charge is 0.497 e. The lowest BCUT2D eigenvalue weighted by Gasteiger charge is -2.32. The van der Waals surface area contributed by atoms with Crippen molar-refractivity contribution in [3.05, 3.63) is 64.9 Å². The van der Waals surface area contributed by atoms with E-state index in [4.69, 9.17) is 19.6 Å². The molecule has 0 bridgehead atoms. The number of carbonyl (C=O) groups is 1. The molecule has 0 saturated carbocycles. The molecule has 1 unspecified atom stereocenters. The van der Waals surface area contributed by atoms with E-state index < -0.39 is 6.04 Å². The number of hydrogen-bond acceptors (Lipinski definition) is 6. The fraction of sp³-hybridized carbons (Fsp3) is 0.292. The van der Waals surface area contributed by atoms with Gasteiger partial charge in [-0.05, 0) is 37.5 Å². The molecule has 1 aliphatic heterocycles. The summed E-state index contributed by atoms with van der Waals surface area (Å²) in [6.07, 6.45) is 2.17. The Morgan fingerprint density at radius 3 is 2.71 bits per heavy atom. The van der Waals surface area contributed by atoms with Crippen LogP contribution in [0.2, 0.25) is 0 Å². The number of rotatable bonds is 4. The van der Waals surface area contributed by atoms with Gasteiger partial charge in [0.05, 0.1) is 14.2 Å².